The molecule has 146 valence electrons. The second-order valence-electron chi connectivity index (χ2n) is 8.28. The molecule has 3 fully saturated rings. The minimum atomic E-state index is -0.336. The first kappa shape index (κ1) is 17.6. The predicted molar refractivity (Wildman–Crippen MR) is 104 cm³/mol. The van der Waals surface area contributed by atoms with Gasteiger partial charge in [0.15, 0.2) is 0 Å². The van der Waals surface area contributed by atoms with Crippen molar-refractivity contribution in [2.24, 2.45) is 11.8 Å². The number of carbonyl (C=O) groups excluding carboxylic acids is 1. The topological polar surface area (TPSA) is 54.5 Å². The van der Waals surface area contributed by atoms with Gasteiger partial charge in [-0.1, -0.05) is 0 Å². The van der Waals surface area contributed by atoms with E-state index in [9.17, 15) is 9.18 Å². The van der Waals surface area contributed by atoms with Crippen molar-refractivity contribution in [3.05, 3.63) is 59.7 Å². The first-order chi connectivity index (χ1) is 13.5. The van der Waals surface area contributed by atoms with Crippen molar-refractivity contribution >= 4 is 11.6 Å². The number of fused-ring (bicyclic) bond motifs is 1. The summed E-state index contributed by atoms with van der Waals surface area (Å²) in [5.74, 6) is 0.230. The predicted octanol–water partition coefficient (Wildman–Crippen LogP) is 2.94. The van der Waals surface area contributed by atoms with Gasteiger partial charge in [0.2, 0.25) is 0 Å². The Balaban J connectivity index is 1.29. The number of nitrogens with one attached hydrogen (secondary N) is 1. The average Bonchev–Trinajstić information content (AvgIpc) is 3.35. The number of ether oxygens (including phenoxy) is 1. The SMILES string of the molecule is Cc1cc(N2C[C@@H]3[C@H](CNC(=O)c4ccc(F)cc4)[C@H]4CC[C@]3(C2)O4)ccn1. The minimum Gasteiger partial charge on any atom is -0.369 e. The molecule has 1 aromatic heterocycles. The summed E-state index contributed by atoms with van der Waals surface area (Å²) < 4.78 is 19.5. The molecule has 28 heavy (non-hydrogen) atoms. The van der Waals surface area contributed by atoms with E-state index in [0.717, 1.165) is 31.6 Å². The number of anilines is 1. The van der Waals surface area contributed by atoms with Crippen LogP contribution >= 0.6 is 0 Å². The highest BCUT2D eigenvalue weighted by Gasteiger charge is 2.62. The molecule has 0 unspecified atom stereocenters. The van der Waals surface area contributed by atoms with Gasteiger partial charge in [-0.2, -0.15) is 0 Å². The first-order valence-electron chi connectivity index (χ1n) is 9.93. The van der Waals surface area contributed by atoms with Crippen molar-refractivity contribution < 1.29 is 13.9 Å². The third-order valence-corrected chi connectivity index (χ3v) is 6.63. The van der Waals surface area contributed by atoms with E-state index >= 15 is 0 Å². The van der Waals surface area contributed by atoms with Crippen LogP contribution < -0.4 is 10.2 Å². The summed E-state index contributed by atoms with van der Waals surface area (Å²) in [6.45, 7) is 4.45. The Morgan fingerprint density at radius 1 is 1.36 bits per heavy atom. The largest absolute Gasteiger partial charge is 0.369 e. The third kappa shape index (κ3) is 2.87. The van der Waals surface area contributed by atoms with E-state index in [0.29, 0.717) is 23.9 Å². The molecule has 1 aromatic carbocycles. The Labute approximate surface area is 163 Å². The number of aryl methyl sites for hydroxylation is 1. The summed E-state index contributed by atoms with van der Waals surface area (Å²) in [6, 6.07) is 9.85. The van der Waals surface area contributed by atoms with Crippen LogP contribution in [0.4, 0.5) is 10.1 Å². The van der Waals surface area contributed by atoms with Crippen molar-refractivity contribution in [3.63, 3.8) is 0 Å². The summed E-state index contributed by atoms with van der Waals surface area (Å²) in [5, 5.41) is 3.05. The number of amides is 1. The molecular formula is C22H24FN3O2. The Hall–Kier alpha value is -2.47. The molecular weight excluding hydrogens is 357 g/mol. The van der Waals surface area contributed by atoms with Gasteiger partial charge < -0.3 is 15.0 Å². The lowest BCUT2D eigenvalue weighted by atomic mass is 9.73. The molecule has 3 aliphatic heterocycles. The molecule has 6 heteroatoms. The maximum absolute atomic E-state index is 13.1. The standard InChI is InChI=1S/C22H24FN3O2/c1-14-10-17(7-9-24-14)26-12-19-18(20-6-8-22(19,13-26)28-20)11-25-21(27)15-2-4-16(23)5-3-15/h2-5,7,9-10,18-20H,6,8,11-13H2,1H3,(H,25,27)/t18-,19+,20+,22+/m0/s1. The number of hydrogen-bond acceptors (Lipinski definition) is 4. The summed E-state index contributed by atoms with van der Waals surface area (Å²) in [6.07, 6.45) is 4.22. The van der Waals surface area contributed by atoms with Gasteiger partial charge in [0.05, 0.1) is 11.7 Å². The summed E-state index contributed by atoms with van der Waals surface area (Å²) in [5.41, 5.74) is 2.60. The molecule has 0 radical (unpaired) electrons. The van der Waals surface area contributed by atoms with Crippen LogP contribution in [0, 0.1) is 24.6 Å². The van der Waals surface area contributed by atoms with Crippen LogP contribution in [0.25, 0.3) is 0 Å². The molecule has 4 heterocycles. The maximum atomic E-state index is 13.1. The van der Waals surface area contributed by atoms with Crippen LogP contribution in [-0.4, -0.2) is 42.2 Å². The van der Waals surface area contributed by atoms with Crippen molar-refractivity contribution in [2.75, 3.05) is 24.5 Å². The van der Waals surface area contributed by atoms with Gasteiger partial charge in [-0.15, -0.1) is 0 Å². The molecule has 0 saturated carbocycles. The van der Waals surface area contributed by atoms with Crippen molar-refractivity contribution in [1.29, 1.82) is 0 Å². The molecule has 1 amide bonds. The highest BCUT2D eigenvalue weighted by molar-refractivity contribution is 5.94. The fourth-order valence-electron chi connectivity index (χ4n) is 5.30. The molecule has 5 nitrogen and oxygen atoms in total. The Bertz CT molecular complexity index is 903. The number of benzene rings is 1. The van der Waals surface area contributed by atoms with Crippen LogP contribution in [0.3, 0.4) is 0 Å². The minimum absolute atomic E-state index is 0.0902. The van der Waals surface area contributed by atoms with Gasteiger partial charge in [-0.25, -0.2) is 4.39 Å². The number of carbonyl (C=O) groups is 1. The second-order valence-corrected chi connectivity index (χ2v) is 8.28. The van der Waals surface area contributed by atoms with Crippen molar-refractivity contribution in [2.45, 2.75) is 31.5 Å². The molecule has 5 rings (SSSR count). The van der Waals surface area contributed by atoms with Gasteiger partial charge in [-0.05, 0) is 56.2 Å². The zero-order valence-corrected chi connectivity index (χ0v) is 15.9. The van der Waals surface area contributed by atoms with Crippen molar-refractivity contribution in [3.8, 4) is 0 Å². The maximum Gasteiger partial charge on any atom is 0.251 e. The fourth-order valence-corrected chi connectivity index (χ4v) is 5.30. The summed E-state index contributed by atoms with van der Waals surface area (Å²) >= 11 is 0. The number of hydrogen-bond donors (Lipinski definition) is 1. The lowest BCUT2D eigenvalue weighted by Crippen LogP contribution is -2.41. The molecule has 1 N–H and O–H groups in total. The molecule has 1 spiro atoms. The van der Waals surface area contributed by atoms with Crippen molar-refractivity contribution in [1.82, 2.24) is 10.3 Å². The quantitative estimate of drug-likeness (QED) is 0.885. The van der Waals surface area contributed by atoms with Gasteiger partial charge in [0, 0.05) is 54.6 Å². The highest BCUT2D eigenvalue weighted by atomic mass is 19.1. The molecule has 4 atom stereocenters. The van der Waals surface area contributed by atoms with Crippen LogP contribution in [0.1, 0.15) is 28.9 Å². The van der Waals surface area contributed by atoms with E-state index in [-0.39, 0.29) is 23.4 Å². The lowest BCUT2D eigenvalue weighted by molar-refractivity contribution is 0.0141. The second kappa shape index (κ2) is 6.55. The van der Waals surface area contributed by atoms with Gasteiger partial charge in [0.1, 0.15) is 5.82 Å². The normalized spacial score (nSPS) is 30.5. The monoisotopic (exact) mass is 381 g/mol. The Morgan fingerprint density at radius 3 is 2.96 bits per heavy atom. The zero-order valence-electron chi connectivity index (χ0n) is 15.9. The fraction of sp³-hybridized carbons (Fsp3) is 0.455. The summed E-state index contributed by atoms with van der Waals surface area (Å²) in [7, 11) is 0. The van der Waals surface area contributed by atoms with E-state index in [1.807, 2.05) is 13.1 Å². The van der Waals surface area contributed by atoms with Crippen LogP contribution in [0.2, 0.25) is 0 Å². The Morgan fingerprint density at radius 2 is 2.18 bits per heavy atom. The number of aromatic nitrogens is 1. The Kier molecular flexibility index (Phi) is 4.12. The highest BCUT2D eigenvalue weighted by Crippen LogP contribution is 2.55. The summed E-state index contributed by atoms with van der Waals surface area (Å²) in [4.78, 5) is 19.1. The van der Waals surface area contributed by atoms with Gasteiger partial charge in [-0.3, -0.25) is 9.78 Å². The molecule has 2 aromatic rings. The third-order valence-electron chi connectivity index (χ3n) is 6.63. The molecule has 0 aliphatic carbocycles. The van der Waals surface area contributed by atoms with E-state index in [2.05, 4.69) is 27.3 Å². The zero-order chi connectivity index (χ0) is 19.3. The smallest absolute Gasteiger partial charge is 0.251 e. The lowest BCUT2D eigenvalue weighted by Gasteiger charge is -2.29. The van der Waals surface area contributed by atoms with Crippen LogP contribution in [0.15, 0.2) is 42.6 Å². The molecule has 3 saturated heterocycles. The first-order valence-corrected chi connectivity index (χ1v) is 9.93. The van der Waals surface area contributed by atoms with E-state index in [1.165, 1.54) is 30.0 Å². The van der Waals surface area contributed by atoms with E-state index in [1.54, 1.807) is 0 Å². The molecule has 2 bridgehead atoms. The average molecular weight is 381 g/mol. The van der Waals surface area contributed by atoms with Crippen LogP contribution in [-0.2, 0) is 4.74 Å². The van der Waals surface area contributed by atoms with E-state index in [4.69, 9.17) is 4.74 Å². The van der Waals surface area contributed by atoms with Gasteiger partial charge in [0.25, 0.3) is 5.91 Å². The number of nitrogens with zero attached hydrogens (tertiary/aromatic N) is 2. The number of pyridine rings is 1. The number of rotatable bonds is 4. The van der Waals surface area contributed by atoms with Gasteiger partial charge >= 0.3 is 0 Å². The molecule has 3 aliphatic rings. The number of halogens is 1. The van der Waals surface area contributed by atoms with E-state index < -0.39 is 0 Å². The van der Waals surface area contributed by atoms with Crippen LogP contribution in [0.5, 0.6) is 0 Å².